The number of hydrogen-bond donors (Lipinski definition) is 2. The van der Waals surface area contributed by atoms with Gasteiger partial charge in [0, 0.05) is 11.1 Å². The maximum atomic E-state index is 12.5. The van der Waals surface area contributed by atoms with Gasteiger partial charge in [0.25, 0.3) is 5.91 Å². The summed E-state index contributed by atoms with van der Waals surface area (Å²) in [6.45, 7) is 0.516. The van der Waals surface area contributed by atoms with E-state index >= 15 is 0 Å². The Bertz CT molecular complexity index is 729. The highest BCUT2D eigenvalue weighted by atomic mass is 16.5. The van der Waals surface area contributed by atoms with Crippen LogP contribution in [0.25, 0.3) is 0 Å². The van der Waals surface area contributed by atoms with E-state index < -0.39 is 0 Å². The van der Waals surface area contributed by atoms with E-state index in [1.54, 1.807) is 39.5 Å². The number of quaternary nitrogens is 1. The molecule has 0 radical (unpaired) electrons. The summed E-state index contributed by atoms with van der Waals surface area (Å²) >= 11 is 0. The van der Waals surface area contributed by atoms with Crippen molar-refractivity contribution in [2.24, 2.45) is 0 Å². The molecule has 0 saturated carbocycles. The van der Waals surface area contributed by atoms with Gasteiger partial charge in [-0.05, 0) is 42.5 Å². The number of carbonyl (C=O) groups is 1. The highest BCUT2D eigenvalue weighted by Crippen LogP contribution is 2.27. The fraction of sp³-hybridized carbons (Fsp3) is 0.350. The van der Waals surface area contributed by atoms with Crippen molar-refractivity contribution in [1.29, 1.82) is 0 Å². The predicted molar refractivity (Wildman–Crippen MR) is 100 cm³/mol. The average Bonchev–Trinajstić information content (AvgIpc) is 2.67. The molecule has 2 aromatic carbocycles. The monoisotopic (exact) mass is 359 g/mol. The van der Waals surface area contributed by atoms with Gasteiger partial charge >= 0.3 is 0 Å². The Labute approximate surface area is 154 Å². The van der Waals surface area contributed by atoms with E-state index in [1.165, 1.54) is 4.90 Å². The number of amides is 1. The third-order valence-electron chi connectivity index (χ3n) is 4.33. The van der Waals surface area contributed by atoms with Crippen LogP contribution in [0.2, 0.25) is 0 Å². The van der Waals surface area contributed by atoms with Gasteiger partial charge < -0.3 is 24.4 Å². The molecule has 140 valence electrons. The predicted octanol–water partition coefficient (Wildman–Crippen LogP) is 1.33. The Balaban J connectivity index is 2.09. The van der Waals surface area contributed by atoms with Crippen molar-refractivity contribution in [3.8, 4) is 17.2 Å². The van der Waals surface area contributed by atoms with Crippen molar-refractivity contribution in [2.45, 2.75) is 6.04 Å². The van der Waals surface area contributed by atoms with Gasteiger partial charge in [0.1, 0.15) is 11.8 Å². The summed E-state index contributed by atoms with van der Waals surface area (Å²) in [6.07, 6.45) is 0. The van der Waals surface area contributed by atoms with E-state index in [4.69, 9.17) is 14.2 Å². The number of methoxy groups -OCH3 is 3. The topological polar surface area (TPSA) is 61.2 Å². The maximum absolute atomic E-state index is 12.5. The van der Waals surface area contributed by atoms with Gasteiger partial charge in [-0.2, -0.15) is 0 Å². The number of carbonyl (C=O) groups excluding carboxylic acids is 1. The van der Waals surface area contributed by atoms with Gasteiger partial charge in [-0.15, -0.1) is 0 Å². The normalized spacial score (nSPS) is 11.8. The molecule has 0 heterocycles. The Morgan fingerprint density at radius 3 is 2.15 bits per heavy atom. The Kier molecular flexibility index (Phi) is 6.86. The summed E-state index contributed by atoms with van der Waals surface area (Å²) in [5.74, 6) is 1.80. The molecule has 2 rings (SSSR count). The minimum Gasteiger partial charge on any atom is -0.497 e. The van der Waals surface area contributed by atoms with E-state index in [2.05, 4.69) is 19.4 Å². The SMILES string of the molecule is COc1ccc([C@H](CNC(=O)c2ccc(OC)c(OC)c2)[NH+](C)C)cc1. The van der Waals surface area contributed by atoms with E-state index in [1.807, 2.05) is 24.3 Å². The first kappa shape index (κ1) is 19.6. The smallest absolute Gasteiger partial charge is 0.251 e. The lowest BCUT2D eigenvalue weighted by Gasteiger charge is -2.22. The van der Waals surface area contributed by atoms with E-state index in [9.17, 15) is 4.79 Å². The third kappa shape index (κ3) is 4.67. The molecule has 0 aliphatic heterocycles. The van der Waals surface area contributed by atoms with E-state index in [0.29, 0.717) is 23.6 Å². The van der Waals surface area contributed by atoms with Gasteiger partial charge in [0.05, 0.1) is 42.0 Å². The first-order valence-corrected chi connectivity index (χ1v) is 8.44. The van der Waals surface area contributed by atoms with Crippen molar-refractivity contribution in [2.75, 3.05) is 42.0 Å². The van der Waals surface area contributed by atoms with Crippen molar-refractivity contribution in [3.63, 3.8) is 0 Å². The second-order valence-corrected chi connectivity index (χ2v) is 6.18. The minimum atomic E-state index is -0.147. The van der Waals surface area contributed by atoms with Crippen LogP contribution >= 0.6 is 0 Å². The highest BCUT2D eigenvalue weighted by Gasteiger charge is 2.20. The van der Waals surface area contributed by atoms with Gasteiger partial charge in [-0.1, -0.05) is 0 Å². The molecule has 6 nitrogen and oxygen atoms in total. The van der Waals surface area contributed by atoms with Gasteiger partial charge in [-0.25, -0.2) is 0 Å². The Morgan fingerprint density at radius 2 is 1.62 bits per heavy atom. The van der Waals surface area contributed by atoms with Crippen molar-refractivity contribution >= 4 is 5.91 Å². The van der Waals surface area contributed by atoms with Crippen LogP contribution in [-0.4, -0.2) is 47.9 Å². The zero-order valence-corrected chi connectivity index (χ0v) is 16.0. The van der Waals surface area contributed by atoms with Crippen LogP contribution in [0.4, 0.5) is 0 Å². The molecule has 6 heteroatoms. The average molecular weight is 359 g/mol. The van der Waals surface area contributed by atoms with Crippen LogP contribution in [-0.2, 0) is 0 Å². The molecular formula is C20H27N2O4+. The van der Waals surface area contributed by atoms with Gasteiger partial charge in [0.2, 0.25) is 0 Å². The molecule has 0 fully saturated rings. The Morgan fingerprint density at radius 1 is 0.962 bits per heavy atom. The summed E-state index contributed by atoms with van der Waals surface area (Å²) < 4.78 is 15.7. The highest BCUT2D eigenvalue weighted by molar-refractivity contribution is 5.94. The van der Waals surface area contributed by atoms with Crippen LogP contribution in [0, 0.1) is 0 Å². The molecule has 0 aromatic heterocycles. The summed E-state index contributed by atoms with van der Waals surface area (Å²) in [6, 6.07) is 13.2. The van der Waals surface area contributed by atoms with Crippen LogP contribution in [0.5, 0.6) is 17.2 Å². The second-order valence-electron chi connectivity index (χ2n) is 6.18. The van der Waals surface area contributed by atoms with Crippen LogP contribution in [0.1, 0.15) is 22.0 Å². The van der Waals surface area contributed by atoms with Crippen molar-refractivity contribution < 1.29 is 23.9 Å². The van der Waals surface area contributed by atoms with Crippen molar-refractivity contribution in [3.05, 3.63) is 53.6 Å². The third-order valence-corrected chi connectivity index (χ3v) is 4.33. The largest absolute Gasteiger partial charge is 0.497 e. The van der Waals surface area contributed by atoms with Crippen molar-refractivity contribution in [1.82, 2.24) is 5.32 Å². The first-order valence-electron chi connectivity index (χ1n) is 8.44. The molecule has 0 aliphatic carbocycles. The zero-order valence-electron chi connectivity index (χ0n) is 16.0. The molecule has 0 unspecified atom stereocenters. The molecule has 0 aliphatic rings. The van der Waals surface area contributed by atoms with Crippen LogP contribution in [0.15, 0.2) is 42.5 Å². The van der Waals surface area contributed by atoms with Gasteiger partial charge in [0.15, 0.2) is 11.5 Å². The summed E-state index contributed by atoms with van der Waals surface area (Å²) in [4.78, 5) is 13.8. The molecule has 26 heavy (non-hydrogen) atoms. The fourth-order valence-corrected chi connectivity index (χ4v) is 2.77. The lowest BCUT2D eigenvalue weighted by molar-refractivity contribution is -0.890. The number of benzene rings is 2. The zero-order chi connectivity index (χ0) is 19.1. The fourth-order valence-electron chi connectivity index (χ4n) is 2.77. The quantitative estimate of drug-likeness (QED) is 0.747. The molecule has 1 atom stereocenters. The van der Waals surface area contributed by atoms with Gasteiger partial charge in [-0.3, -0.25) is 4.79 Å². The number of hydrogen-bond acceptors (Lipinski definition) is 4. The number of likely N-dealkylation sites (N-methyl/N-ethyl adjacent to an activating group) is 1. The maximum Gasteiger partial charge on any atom is 0.251 e. The van der Waals surface area contributed by atoms with Crippen LogP contribution in [0.3, 0.4) is 0 Å². The first-order chi connectivity index (χ1) is 12.5. The molecule has 1 amide bonds. The number of nitrogens with one attached hydrogen (secondary N) is 2. The number of rotatable bonds is 8. The minimum absolute atomic E-state index is 0.130. The molecule has 0 spiro atoms. The van der Waals surface area contributed by atoms with E-state index in [-0.39, 0.29) is 11.9 Å². The molecule has 2 aromatic rings. The second kappa shape index (κ2) is 9.10. The van der Waals surface area contributed by atoms with E-state index in [0.717, 1.165) is 11.3 Å². The Hall–Kier alpha value is -2.73. The molecule has 0 bridgehead atoms. The molecular weight excluding hydrogens is 332 g/mol. The molecule has 0 saturated heterocycles. The summed E-state index contributed by atoms with van der Waals surface area (Å²) in [7, 11) is 8.90. The molecule has 2 N–H and O–H groups in total. The standard InChI is InChI=1S/C20H26N2O4/c1-22(2)17(14-6-9-16(24-3)10-7-14)13-21-20(23)15-8-11-18(25-4)19(12-15)26-5/h6-12,17H,13H2,1-5H3,(H,21,23)/p+1/t17-/m0/s1. The number of ether oxygens (including phenoxy) is 3. The summed E-state index contributed by atoms with van der Waals surface area (Å²) in [5.41, 5.74) is 1.67. The summed E-state index contributed by atoms with van der Waals surface area (Å²) in [5, 5.41) is 3.01. The lowest BCUT2D eigenvalue weighted by atomic mass is 10.1. The van der Waals surface area contributed by atoms with Crippen LogP contribution < -0.4 is 24.4 Å². The lowest BCUT2D eigenvalue weighted by Crippen LogP contribution is -3.07.